The monoisotopic (exact) mass is 226 g/mol. The summed E-state index contributed by atoms with van der Waals surface area (Å²) >= 11 is 0. The van der Waals surface area contributed by atoms with E-state index < -0.39 is 12.1 Å². The minimum Gasteiger partial charge on any atom is -0.460 e. The molecule has 1 aliphatic rings. The maximum atomic E-state index is 11.4. The summed E-state index contributed by atoms with van der Waals surface area (Å²) in [6.45, 7) is 9.53. The van der Waals surface area contributed by atoms with E-state index in [4.69, 9.17) is 9.84 Å². The molecule has 1 rings (SSSR count). The van der Waals surface area contributed by atoms with Crippen molar-refractivity contribution in [2.75, 3.05) is 0 Å². The molecule has 3 heteroatoms. The molecule has 0 amide bonds. The third kappa shape index (κ3) is 3.34. The second-order valence-electron chi connectivity index (χ2n) is 5.02. The Kier molecular flexibility index (Phi) is 4.54. The zero-order valence-electron chi connectivity index (χ0n) is 10.4. The number of hydrogen-bond acceptors (Lipinski definition) is 3. The van der Waals surface area contributed by atoms with E-state index in [-0.39, 0.29) is 12.0 Å². The Morgan fingerprint density at radius 2 is 2.12 bits per heavy atom. The molecule has 92 valence electrons. The lowest BCUT2D eigenvalue weighted by molar-refractivity contribution is -0.162. The van der Waals surface area contributed by atoms with Crippen molar-refractivity contribution in [2.45, 2.75) is 52.2 Å². The van der Waals surface area contributed by atoms with Crippen LogP contribution in [-0.2, 0) is 9.53 Å². The van der Waals surface area contributed by atoms with Gasteiger partial charge in [0.1, 0.15) is 12.2 Å². The Hall–Kier alpha value is -0.830. The number of aliphatic hydroxyl groups excluding tert-OH is 1. The number of esters is 1. The molecule has 1 saturated carbocycles. The van der Waals surface area contributed by atoms with Crippen LogP contribution in [0.15, 0.2) is 12.2 Å². The number of carbonyl (C=O) groups excluding carboxylic acids is 1. The van der Waals surface area contributed by atoms with Crippen LogP contribution in [0.4, 0.5) is 0 Å². The van der Waals surface area contributed by atoms with Crippen LogP contribution in [0.5, 0.6) is 0 Å². The van der Waals surface area contributed by atoms with Crippen LogP contribution >= 0.6 is 0 Å². The Balaban J connectivity index is 2.64. The van der Waals surface area contributed by atoms with Gasteiger partial charge in [0.15, 0.2) is 0 Å². The van der Waals surface area contributed by atoms with Crippen LogP contribution in [0.1, 0.15) is 40.0 Å². The summed E-state index contributed by atoms with van der Waals surface area (Å²) in [5.41, 5.74) is 1.07. The second-order valence-corrected chi connectivity index (χ2v) is 5.02. The van der Waals surface area contributed by atoms with E-state index >= 15 is 0 Å². The molecule has 0 aromatic heterocycles. The van der Waals surface area contributed by atoms with Crippen LogP contribution < -0.4 is 0 Å². The van der Waals surface area contributed by atoms with E-state index in [0.717, 1.165) is 24.8 Å². The summed E-state index contributed by atoms with van der Waals surface area (Å²) in [7, 11) is 0. The fourth-order valence-electron chi connectivity index (χ4n) is 2.27. The molecule has 0 aliphatic heterocycles. The number of ether oxygens (including phenoxy) is 1. The van der Waals surface area contributed by atoms with Crippen molar-refractivity contribution in [2.24, 2.45) is 11.8 Å². The Bertz CT molecular complexity index is 270. The van der Waals surface area contributed by atoms with E-state index in [9.17, 15) is 4.79 Å². The van der Waals surface area contributed by atoms with Gasteiger partial charge in [0.05, 0.1) is 0 Å². The largest absolute Gasteiger partial charge is 0.460 e. The lowest BCUT2D eigenvalue weighted by atomic mass is 9.77. The van der Waals surface area contributed by atoms with Gasteiger partial charge in [-0.05, 0) is 39.0 Å². The Morgan fingerprint density at radius 3 is 2.62 bits per heavy atom. The first-order chi connectivity index (χ1) is 7.41. The van der Waals surface area contributed by atoms with E-state index in [1.54, 1.807) is 0 Å². The van der Waals surface area contributed by atoms with Gasteiger partial charge in [0, 0.05) is 5.92 Å². The normalized spacial score (nSPS) is 31.9. The zero-order valence-corrected chi connectivity index (χ0v) is 10.4. The molecule has 3 nitrogen and oxygen atoms in total. The number of carbonyl (C=O) groups is 1. The average molecular weight is 226 g/mol. The van der Waals surface area contributed by atoms with Crippen molar-refractivity contribution in [1.82, 2.24) is 0 Å². The predicted octanol–water partition coefficient (Wildman–Crippen LogP) is 2.29. The van der Waals surface area contributed by atoms with Gasteiger partial charge in [0.2, 0.25) is 0 Å². The second kappa shape index (κ2) is 5.48. The van der Waals surface area contributed by atoms with Crippen LogP contribution in [-0.4, -0.2) is 23.3 Å². The van der Waals surface area contributed by atoms with Crippen LogP contribution in [0, 0.1) is 11.8 Å². The van der Waals surface area contributed by atoms with Gasteiger partial charge >= 0.3 is 5.97 Å². The van der Waals surface area contributed by atoms with Gasteiger partial charge in [0.25, 0.3) is 0 Å². The quantitative estimate of drug-likeness (QED) is 0.593. The lowest BCUT2D eigenvalue weighted by Crippen LogP contribution is -2.36. The Labute approximate surface area is 97.5 Å². The first-order valence-electron chi connectivity index (χ1n) is 5.95. The topological polar surface area (TPSA) is 46.5 Å². The number of aliphatic hydroxyl groups is 1. The van der Waals surface area contributed by atoms with Gasteiger partial charge in [-0.15, -0.1) is 0 Å². The maximum absolute atomic E-state index is 11.4. The summed E-state index contributed by atoms with van der Waals surface area (Å²) in [6, 6.07) is 0. The first kappa shape index (κ1) is 13.2. The minimum absolute atomic E-state index is 0.108. The average Bonchev–Trinajstić information content (AvgIpc) is 2.16. The highest BCUT2D eigenvalue weighted by atomic mass is 16.6. The molecule has 16 heavy (non-hydrogen) atoms. The number of hydrogen-bond donors (Lipinski definition) is 1. The van der Waals surface area contributed by atoms with Crippen LogP contribution in [0.25, 0.3) is 0 Å². The van der Waals surface area contributed by atoms with Gasteiger partial charge in [-0.1, -0.05) is 19.1 Å². The van der Waals surface area contributed by atoms with Gasteiger partial charge in [-0.2, -0.15) is 0 Å². The molecule has 0 radical (unpaired) electrons. The first-order valence-corrected chi connectivity index (χ1v) is 5.95. The molecule has 1 N–H and O–H groups in total. The van der Waals surface area contributed by atoms with Crippen molar-refractivity contribution < 1.29 is 14.6 Å². The standard InChI is InChI=1S/C13H22O3/c1-8(2)11-6-5-9(3)7-12(11)16-13(15)10(4)14/h9-12,14H,1,5-7H2,2-4H3/t9-,10?,11+,12-/m1/s1. The summed E-state index contributed by atoms with van der Waals surface area (Å²) in [4.78, 5) is 11.4. The Morgan fingerprint density at radius 1 is 1.50 bits per heavy atom. The van der Waals surface area contributed by atoms with Crippen molar-refractivity contribution in [3.05, 3.63) is 12.2 Å². The fraction of sp³-hybridized carbons (Fsp3) is 0.769. The van der Waals surface area contributed by atoms with E-state index in [1.807, 2.05) is 6.92 Å². The highest BCUT2D eigenvalue weighted by Crippen LogP contribution is 2.34. The molecule has 1 unspecified atom stereocenters. The highest BCUT2D eigenvalue weighted by molar-refractivity contribution is 5.74. The smallest absolute Gasteiger partial charge is 0.334 e. The van der Waals surface area contributed by atoms with Crippen LogP contribution in [0.2, 0.25) is 0 Å². The number of rotatable bonds is 3. The van der Waals surface area contributed by atoms with Crippen molar-refractivity contribution in [3.8, 4) is 0 Å². The minimum atomic E-state index is -1.04. The molecule has 0 aromatic carbocycles. The van der Waals surface area contributed by atoms with E-state index in [0.29, 0.717) is 5.92 Å². The van der Waals surface area contributed by atoms with E-state index in [2.05, 4.69) is 13.5 Å². The highest BCUT2D eigenvalue weighted by Gasteiger charge is 2.32. The molecule has 1 fully saturated rings. The van der Waals surface area contributed by atoms with Crippen molar-refractivity contribution >= 4 is 5.97 Å². The van der Waals surface area contributed by atoms with Gasteiger partial charge in [-0.3, -0.25) is 0 Å². The summed E-state index contributed by atoms with van der Waals surface area (Å²) < 4.78 is 5.35. The summed E-state index contributed by atoms with van der Waals surface area (Å²) in [5.74, 6) is 0.298. The molecule has 0 heterocycles. The van der Waals surface area contributed by atoms with Gasteiger partial charge < -0.3 is 9.84 Å². The molecule has 0 bridgehead atoms. The molecule has 4 atom stereocenters. The fourth-order valence-corrected chi connectivity index (χ4v) is 2.27. The summed E-state index contributed by atoms with van der Waals surface area (Å²) in [6.07, 6.45) is 1.90. The lowest BCUT2D eigenvalue weighted by Gasteiger charge is -2.35. The van der Waals surface area contributed by atoms with Gasteiger partial charge in [-0.25, -0.2) is 4.79 Å². The zero-order chi connectivity index (χ0) is 12.3. The maximum Gasteiger partial charge on any atom is 0.334 e. The van der Waals surface area contributed by atoms with Crippen molar-refractivity contribution in [1.29, 1.82) is 0 Å². The van der Waals surface area contributed by atoms with Crippen LogP contribution in [0.3, 0.4) is 0 Å². The SMILES string of the molecule is C=C(C)[C@@H]1CC[C@@H](C)C[C@H]1OC(=O)C(C)O. The van der Waals surface area contributed by atoms with E-state index in [1.165, 1.54) is 6.92 Å². The van der Waals surface area contributed by atoms with Crippen molar-refractivity contribution in [3.63, 3.8) is 0 Å². The summed E-state index contributed by atoms with van der Waals surface area (Å²) in [5, 5.41) is 9.15. The molecule has 1 aliphatic carbocycles. The molecular weight excluding hydrogens is 204 g/mol. The molecule has 0 spiro atoms. The third-order valence-corrected chi connectivity index (χ3v) is 3.30. The predicted molar refractivity (Wildman–Crippen MR) is 62.9 cm³/mol. The molecule has 0 aromatic rings. The molecular formula is C13H22O3. The third-order valence-electron chi connectivity index (χ3n) is 3.30. The molecule has 0 saturated heterocycles.